The van der Waals surface area contributed by atoms with E-state index in [1.165, 1.54) is 33.0 Å². The van der Waals surface area contributed by atoms with Gasteiger partial charge in [-0.05, 0) is 104 Å². The fourth-order valence-electron chi connectivity index (χ4n) is 7.80. The van der Waals surface area contributed by atoms with Crippen molar-refractivity contribution in [2.45, 2.75) is 0 Å². The Hall–Kier alpha value is -7.16. The van der Waals surface area contributed by atoms with Crippen LogP contribution in [0.15, 0.2) is 217 Å². The molecule has 254 valence electrons. The second-order valence-corrected chi connectivity index (χ2v) is 13.7. The van der Waals surface area contributed by atoms with E-state index < -0.39 is 0 Å². The van der Waals surface area contributed by atoms with Gasteiger partial charge in [0.2, 0.25) is 0 Å². The standard InChI is InChI=1S/C52H35NO/c1-3-14-36(15-4-1)40-20-11-21-41(32-40)43-23-13-25-46(35-43)53(45-24-12-22-42(34-45)37-16-5-2-6-17-37)49-31-30-47(44-29-28-38-18-7-8-19-39(38)33-44)52-51(49)48-26-9-10-27-50(48)54-52/h1-35H. The predicted octanol–water partition coefficient (Wildman–Crippen LogP) is 14.9. The van der Waals surface area contributed by atoms with Gasteiger partial charge in [-0.25, -0.2) is 0 Å². The van der Waals surface area contributed by atoms with Crippen LogP contribution in [0.2, 0.25) is 0 Å². The molecule has 1 heterocycles. The predicted molar refractivity (Wildman–Crippen MR) is 228 cm³/mol. The molecule has 0 aliphatic rings. The summed E-state index contributed by atoms with van der Waals surface area (Å²) in [7, 11) is 0. The molecule has 0 N–H and O–H groups in total. The molecule has 0 aliphatic carbocycles. The van der Waals surface area contributed by atoms with Gasteiger partial charge in [0.1, 0.15) is 11.2 Å². The average Bonchev–Trinajstić information content (AvgIpc) is 3.65. The van der Waals surface area contributed by atoms with Crippen LogP contribution in [0.5, 0.6) is 0 Å². The van der Waals surface area contributed by atoms with Crippen molar-refractivity contribution in [1.29, 1.82) is 0 Å². The monoisotopic (exact) mass is 689 g/mol. The number of fused-ring (bicyclic) bond motifs is 4. The Labute approximate surface area is 314 Å². The fraction of sp³-hybridized carbons (Fsp3) is 0. The second-order valence-electron chi connectivity index (χ2n) is 13.7. The highest BCUT2D eigenvalue weighted by atomic mass is 16.3. The van der Waals surface area contributed by atoms with Crippen molar-refractivity contribution in [1.82, 2.24) is 0 Å². The van der Waals surface area contributed by atoms with Crippen LogP contribution in [0.25, 0.3) is 77.2 Å². The van der Waals surface area contributed by atoms with Crippen LogP contribution in [0.3, 0.4) is 0 Å². The van der Waals surface area contributed by atoms with E-state index in [-0.39, 0.29) is 0 Å². The number of benzene rings is 9. The normalized spacial score (nSPS) is 11.3. The van der Waals surface area contributed by atoms with Crippen LogP contribution in [-0.2, 0) is 0 Å². The lowest BCUT2D eigenvalue weighted by atomic mass is 9.97. The maximum Gasteiger partial charge on any atom is 0.145 e. The van der Waals surface area contributed by atoms with Crippen LogP contribution >= 0.6 is 0 Å². The van der Waals surface area contributed by atoms with E-state index in [4.69, 9.17) is 4.42 Å². The Morgan fingerprint density at radius 2 is 0.870 bits per heavy atom. The van der Waals surface area contributed by atoms with E-state index in [2.05, 4.69) is 211 Å². The van der Waals surface area contributed by atoms with Gasteiger partial charge >= 0.3 is 0 Å². The zero-order valence-corrected chi connectivity index (χ0v) is 29.6. The smallest absolute Gasteiger partial charge is 0.145 e. The molecule has 1 aromatic heterocycles. The first-order valence-corrected chi connectivity index (χ1v) is 18.4. The molecule has 0 fully saturated rings. The van der Waals surface area contributed by atoms with E-state index in [9.17, 15) is 0 Å². The number of rotatable bonds is 7. The summed E-state index contributed by atoms with van der Waals surface area (Å²) in [4.78, 5) is 2.39. The number of furan rings is 1. The molecule has 0 bridgehead atoms. The third-order valence-corrected chi connectivity index (χ3v) is 10.4. The third kappa shape index (κ3) is 5.71. The van der Waals surface area contributed by atoms with E-state index in [1.54, 1.807) is 0 Å². The molecule has 0 spiro atoms. The van der Waals surface area contributed by atoms with Crippen molar-refractivity contribution in [3.63, 3.8) is 0 Å². The van der Waals surface area contributed by atoms with Gasteiger partial charge in [-0.1, -0.05) is 158 Å². The Kier molecular flexibility index (Phi) is 7.85. The van der Waals surface area contributed by atoms with Crippen molar-refractivity contribution >= 4 is 49.8 Å². The molecule has 10 aromatic rings. The Morgan fingerprint density at radius 1 is 0.333 bits per heavy atom. The molecule has 2 heteroatoms. The lowest BCUT2D eigenvalue weighted by Gasteiger charge is -2.27. The van der Waals surface area contributed by atoms with Crippen molar-refractivity contribution in [2.75, 3.05) is 4.90 Å². The zero-order valence-electron chi connectivity index (χ0n) is 29.6. The van der Waals surface area contributed by atoms with Crippen molar-refractivity contribution in [3.8, 4) is 44.5 Å². The summed E-state index contributed by atoms with van der Waals surface area (Å²) in [6, 6.07) is 75.8. The number of para-hydroxylation sites is 1. The average molecular weight is 690 g/mol. The molecule has 0 radical (unpaired) electrons. The van der Waals surface area contributed by atoms with Crippen LogP contribution in [0.1, 0.15) is 0 Å². The van der Waals surface area contributed by atoms with Crippen LogP contribution in [0, 0.1) is 0 Å². The highest BCUT2D eigenvalue weighted by Gasteiger charge is 2.23. The van der Waals surface area contributed by atoms with Crippen molar-refractivity contribution in [2.24, 2.45) is 0 Å². The summed E-state index contributed by atoms with van der Waals surface area (Å²) < 4.78 is 6.83. The lowest BCUT2D eigenvalue weighted by Crippen LogP contribution is -2.10. The topological polar surface area (TPSA) is 16.4 Å². The Bertz CT molecular complexity index is 2940. The van der Waals surface area contributed by atoms with Gasteiger partial charge < -0.3 is 9.32 Å². The zero-order chi connectivity index (χ0) is 35.8. The molecule has 0 aliphatic heterocycles. The first-order valence-electron chi connectivity index (χ1n) is 18.4. The molecule has 0 amide bonds. The molecule has 9 aromatic carbocycles. The SMILES string of the molecule is c1ccc(-c2cccc(-c3cccc(N(c4cccc(-c5ccccc5)c4)c4ccc(-c5ccc6ccccc6c5)c5oc6ccccc6c45)c3)c2)cc1. The second kappa shape index (κ2) is 13.4. The van der Waals surface area contributed by atoms with E-state index in [1.807, 2.05) is 6.07 Å². The lowest BCUT2D eigenvalue weighted by molar-refractivity contribution is 0.670. The number of nitrogens with zero attached hydrogens (tertiary/aromatic N) is 1. The van der Waals surface area contributed by atoms with Crippen LogP contribution in [0.4, 0.5) is 17.1 Å². The van der Waals surface area contributed by atoms with E-state index in [0.29, 0.717) is 0 Å². The molecule has 0 saturated carbocycles. The first-order chi connectivity index (χ1) is 26.8. The van der Waals surface area contributed by atoms with Gasteiger partial charge in [-0.2, -0.15) is 0 Å². The quantitative estimate of drug-likeness (QED) is 0.166. The molecule has 0 saturated heterocycles. The van der Waals surface area contributed by atoms with E-state index >= 15 is 0 Å². The molecule has 10 rings (SSSR count). The van der Waals surface area contributed by atoms with Crippen LogP contribution in [-0.4, -0.2) is 0 Å². The third-order valence-electron chi connectivity index (χ3n) is 10.4. The summed E-state index contributed by atoms with van der Waals surface area (Å²) in [5.41, 5.74) is 14.2. The molecule has 0 atom stereocenters. The molecule has 54 heavy (non-hydrogen) atoms. The maximum atomic E-state index is 6.83. The maximum absolute atomic E-state index is 6.83. The summed E-state index contributed by atoms with van der Waals surface area (Å²) in [5.74, 6) is 0. The van der Waals surface area contributed by atoms with Crippen LogP contribution < -0.4 is 4.90 Å². The molecule has 2 nitrogen and oxygen atoms in total. The minimum atomic E-state index is 0.867. The Balaban J connectivity index is 1.20. The largest absolute Gasteiger partial charge is 0.455 e. The van der Waals surface area contributed by atoms with Gasteiger partial charge in [-0.15, -0.1) is 0 Å². The summed E-state index contributed by atoms with van der Waals surface area (Å²) >= 11 is 0. The summed E-state index contributed by atoms with van der Waals surface area (Å²) in [6.07, 6.45) is 0. The minimum Gasteiger partial charge on any atom is -0.455 e. The van der Waals surface area contributed by atoms with Gasteiger partial charge in [0.25, 0.3) is 0 Å². The van der Waals surface area contributed by atoms with Gasteiger partial charge in [0, 0.05) is 22.3 Å². The van der Waals surface area contributed by atoms with Crippen molar-refractivity contribution < 1.29 is 4.42 Å². The number of hydrogen-bond donors (Lipinski definition) is 0. The van der Waals surface area contributed by atoms with Crippen molar-refractivity contribution in [3.05, 3.63) is 212 Å². The van der Waals surface area contributed by atoms with Gasteiger partial charge in [0.15, 0.2) is 0 Å². The number of anilines is 3. The highest BCUT2D eigenvalue weighted by Crippen LogP contribution is 2.47. The molecule has 0 unspecified atom stereocenters. The molecular formula is C52H35NO. The van der Waals surface area contributed by atoms with Gasteiger partial charge in [0.05, 0.1) is 11.1 Å². The molecular weight excluding hydrogens is 655 g/mol. The fourth-order valence-corrected chi connectivity index (χ4v) is 7.80. The summed E-state index contributed by atoms with van der Waals surface area (Å²) in [6.45, 7) is 0. The highest BCUT2D eigenvalue weighted by molar-refractivity contribution is 6.17. The van der Waals surface area contributed by atoms with E-state index in [0.717, 1.165) is 61.3 Å². The summed E-state index contributed by atoms with van der Waals surface area (Å²) in [5, 5.41) is 4.59. The first kappa shape index (κ1) is 31.6. The van der Waals surface area contributed by atoms with Gasteiger partial charge in [-0.3, -0.25) is 0 Å². The Morgan fingerprint density at radius 3 is 1.57 bits per heavy atom. The number of hydrogen-bond acceptors (Lipinski definition) is 2. The minimum absolute atomic E-state index is 0.867.